The Morgan fingerprint density at radius 3 is 2.56 bits per heavy atom. The maximum Gasteiger partial charge on any atom is 0.287 e. The molecule has 7 nitrogen and oxygen atoms in total. The molecule has 2 heterocycles. The highest BCUT2D eigenvalue weighted by molar-refractivity contribution is 14.1. The van der Waals surface area contributed by atoms with Crippen LogP contribution in [0.2, 0.25) is 0 Å². The molecule has 0 saturated heterocycles. The van der Waals surface area contributed by atoms with Crippen molar-refractivity contribution in [2.75, 3.05) is 24.3 Å². The van der Waals surface area contributed by atoms with Crippen LogP contribution >= 0.6 is 22.6 Å². The third-order valence-electron chi connectivity index (χ3n) is 4.29. The molecular weight excluding hydrogens is 433 g/mol. The molecule has 2 N–H and O–H groups in total. The Bertz CT molecular complexity index is 725. The summed E-state index contributed by atoms with van der Waals surface area (Å²) >= 11 is 2.05. The molecule has 0 atom stereocenters. The van der Waals surface area contributed by atoms with Crippen molar-refractivity contribution in [3.63, 3.8) is 0 Å². The predicted molar refractivity (Wildman–Crippen MR) is 105 cm³/mol. The zero-order valence-electron chi connectivity index (χ0n) is 14.3. The summed E-state index contributed by atoms with van der Waals surface area (Å²) in [6.07, 6.45) is 5.55. The Kier molecular flexibility index (Phi) is 5.77. The average molecular weight is 455 g/mol. The molecule has 0 unspecified atom stereocenters. The fourth-order valence-electron chi connectivity index (χ4n) is 2.93. The van der Waals surface area contributed by atoms with Gasteiger partial charge in [0.25, 0.3) is 5.91 Å². The summed E-state index contributed by atoms with van der Waals surface area (Å²) in [6.45, 7) is 0. The molecule has 134 valence electrons. The fourth-order valence-corrected chi connectivity index (χ4v) is 3.34. The summed E-state index contributed by atoms with van der Waals surface area (Å²) in [4.78, 5) is 22.9. The van der Waals surface area contributed by atoms with Crippen LogP contribution in [0.15, 0.2) is 28.8 Å². The van der Waals surface area contributed by atoms with Crippen LogP contribution in [0.3, 0.4) is 0 Å². The van der Waals surface area contributed by atoms with Gasteiger partial charge in [-0.3, -0.25) is 4.79 Å². The second-order valence-electron chi connectivity index (χ2n) is 6.40. The highest BCUT2D eigenvalue weighted by Gasteiger charge is 2.24. The van der Waals surface area contributed by atoms with Gasteiger partial charge >= 0.3 is 0 Å². The van der Waals surface area contributed by atoms with Crippen LogP contribution in [0.1, 0.15) is 36.2 Å². The maximum atomic E-state index is 12.2. The summed E-state index contributed by atoms with van der Waals surface area (Å²) < 4.78 is 6.08. The molecule has 1 fully saturated rings. The number of hydrogen-bond donors (Lipinski definition) is 2. The monoisotopic (exact) mass is 455 g/mol. The number of rotatable bonds is 5. The van der Waals surface area contributed by atoms with Crippen LogP contribution in [0, 0.1) is 3.77 Å². The van der Waals surface area contributed by atoms with Gasteiger partial charge in [0.05, 0.1) is 0 Å². The van der Waals surface area contributed by atoms with Gasteiger partial charge in [-0.05, 0) is 66.5 Å². The first-order valence-electron chi connectivity index (χ1n) is 8.34. The molecule has 0 aromatic carbocycles. The lowest BCUT2D eigenvalue weighted by Gasteiger charge is -2.29. The van der Waals surface area contributed by atoms with Crippen molar-refractivity contribution in [1.82, 2.24) is 15.3 Å². The third kappa shape index (κ3) is 4.83. The fraction of sp³-hybridized carbons (Fsp3) is 0.471. The molecule has 8 heteroatoms. The van der Waals surface area contributed by atoms with E-state index >= 15 is 0 Å². The van der Waals surface area contributed by atoms with Gasteiger partial charge in [0.15, 0.2) is 9.53 Å². The van der Waals surface area contributed by atoms with Gasteiger partial charge in [-0.25, -0.2) is 4.98 Å². The molecule has 2 aromatic rings. The molecule has 0 radical (unpaired) electrons. The van der Waals surface area contributed by atoms with E-state index in [1.165, 1.54) is 0 Å². The summed E-state index contributed by atoms with van der Waals surface area (Å²) in [6, 6.07) is 5.89. The van der Waals surface area contributed by atoms with Crippen LogP contribution in [0.25, 0.3) is 0 Å². The molecular formula is C17H22IN5O2. The number of amides is 1. The van der Waals surface area contributed by atoms with E-state index < -0.39 is 0 Å². The molecule has 3 rings (SSSR count). The summed E-state index contributed by atoms with van der Waals surface area (Å²) in [5.74, 6) is 1.77. The molecule has 1 aliphatic carbocycles. The lowest BCUT2D eigenvalue weighted by molar-refractivity contribution is 0.0897. The Balaban J connectivity index is 1.48. The van der Waals surface area contributed by atoms with E-state index in [1.54, 1.807) is 18.3 Å². The van der Waals surface area contributed by atoms with E-state index in [-0.39, 0.29) is 11.9 Å². The van der Waals surface area contributed by atoms with Gasteiger partial charge in [0.1, 0.15) is 5.82 Å². The molecule has 0 aliphatic heterocycles. The molecule has 25 heavy (non-hydrogen) atoms. The predicted octanol–water partition coefficient (Wildman–Crippen LogP) is 2.89. The number of hydrogen-bond acceptors (Lipinski definition) is 6. The van der Waals surface area contributed by atoms with Gasteiger partial charge < -0.3 is 20.0 Å². The first-order valence-corrected chi connectivity index (χ1v) is 9.42. The minimum Gasteiger partial charge on any atom is -0.445 e. The number of aromatic nitrogens is 2. The number of halogens is 1. The summed E-state index contributed by atoms with van der Waals surface area (Å²) in [5.41, 5.74) is 0. The Morgan fingerprint density at radius 1 is 1.20 bits per heavy atom. The normalized spacial score (nSPS) is 20.1. The van der Waals surface area contributed by atoms with Gasteiger partial charge in [-0.1, -0.05) is 0 Å². The van der Waals surface area contributed by atoms with Crippen LogP contribution < -0.4 is 15.5 Å². The number of anilines is 2. The lowest BCUT2D eigenvalue weighted by atomic mass is 9.91. The lowest BCUT2D eigenvalue weighted by Crippen LogP contribution is -2.40. The Hall–Kier alpha value is -1.84. The first-order chi connectivity index (χ1) is 12.0. The van der Waals surface area contributed by atoms with Crippen molar-refractivity contribution in [2.45, 2.75) is 37.8 Å². The zero-order chi connectivity index (χ0) is 17.8. The minimum absolute atomic E-state index is 0.138. The topological polar surface area (TPSA) is 83.3 Å². The van der Waals surface area contributed by atoms with Gasteiger partial charge in [-0.15, -0.1) is 0 Å². The van der Waals surface area contributed by atoms with Gasteiger partial charge in [-0.2, -0.15) is 4.98 Å². The molecule has 2 aromatic heterocycles. The SMILES string of the molecule is CN(C)c1ccnc(NC2CCC(NC(=O)c3ccc(I)o3)CC2)n1. The van der Waals surface area contributed by atoms with Crippen LogP contribution in [0.5, 0.6) is 0 Å². The highest BCUT2D eigenvalue weighted by Crippen LogP contribution is 2.22. The highest BCUT2D eigenvalue weighted by atomic mass is 127. The standard InChI is InChI=1S/C17H22IN5O2/c1-23(2)15-9-10-19-17(22-15)21-12-5-3-11(4-6-12)20-16(24)13-7-8-14(18)25-13/h7-12H,3-6H2,1-2H3,(H,20,24)(H,19,21,22). The van der Waals surface area contributed by atoms with Crippen LogP contribution in [-0.4, -0.2) is 42.1 Å². The second-order valence-corrected chi connectivity index (χ2v) is 7.47. The van der Waals surface area contributed by atoms with Crippen molar-refractivity contribution in [3.8, 4) is 0 Å². The van der Waals surface area contributed by atoms with Crippen LogP contribution in [-0.2, 0) is 0 Å². The minimum atomic E-state index is -0.138. The average Bonchev–Trinajstić information content (AvgIpc) is 3.03. The summed E-state index contributed by atoms with van der Waals surface area (Å²) in [7, 11) is 3.92. The van der Waals surface area contributed by atoms with E-state index in [4.69, 9.17) is 4.42 Å². The van der Waals surface area contributed by atoms with Gasteiger partial charge in [0.2, 0.25) is 5.95 Å². The zero-order valence-corrected chi connectivity index (χ0v) is 16.5. The first kappa shape index (κ1) is 18.0. The van der Waals surface area contributed by atoms with Crippen LogP contribution in [0.4, 0.5) is 11.8 Å². The van der Waals surface area contributed by atoms with Crippen molar-refractivity contribution < 1.29 is 9.21 Å². The van der Waals surface area contributed by atoms with Crippen molar-refractivity contribution >= 4 is 40.3 Å². The number of carbonyl (C=O) groups is 1. The number of nitrogens with zero attached hydrogens (tertiary/aromatic N) is 3. The van der Waals surface area contributed by atoms with E-state index in [9.17, 15) is 4.79 Å². The van der Waals surface area contributed by atoms with E-state index in [0.717, 1.165) is 35.3 Å². The van der Waals surface area contributed by atoms with Gasteiger partial charge in [0, 0.05) is 32.4 Å². The number of carbonyl (C=O) groups excluding carboxylic acids is 1. The third-order valence-corrected chi connectivity index (χ3v) is 4.87. The Morgan fingerprint density at radius 2 is 1.92 bits per heavy atom. The van der Waals surface area contributed by atoms with E-state index in [1.807, 2.05) is 25.1 Å². The summed E-state index contributed by atoms with van der Waals surface area (Å²) in [5, 5.41) is 6.46. The number of furan rings is 1. The maximum absolute atomic E-state index is 12.2. The molecule has 1 saturated carbocycles. The van der Waals surface area contributed by atoms with E-state index in [2.05, 4.69) is 43.2 Å². The Labute approximate surface area is 160 Å². The smallest absolute Gasteiger partial charge is 0.287 e. The van der Waals surface area contributed by atoms with Crippen molar-refractivity contribution in [1.29, 1.82) is 0 Å². The van der Waals surface area contributed by atoms with Crippen molar-refractivity contribution in [2.24, 2.45) is 0 Å². The van der Waals surface area contributed by atoms with E-state index in [0.29, 0.717) is 17.8 Å². The van der Waals surface area contributed by atoms with Crippen molar-refractivity contribution in [3.05, 3.63) is 33.9 Å². The quantitative estimate of drug-likeness (QED) is 0.675. The largest absolute Gasteiger partial charge is 0.445 e. The molecule has 1 aliphatic rings. The second kappa shape index (κ2) is 8.03. The molecule has 0 spiro atoms. The number of nitrogens with one attached hydrogen (secondary N) is 2. The molecule has 0 bridgehead atoms. The molecule has 1 amide bonds.